The number of rotatable bonds is 8. The number of aromatic amines is 1. The third kappa shape index (κ3) is 5.93. The molecule has 0 radical (unpaired) electrons. The summed E-state index contributed by atoms with van der Waals surface area (Å²) in [5.74, 6) is 0.273. The molecule has 2 atom stereocenters. The first-order chi connectivity index (χ1) is 17.7. The van der Waals surface area contributed by atoms with Crippen molar-refractivity contribution in [1.82, 2.24) is 29.8 Å². The summed E-state index contributed by atoms with van der Waals surface area (Å²) in [7, 11) is 0. The van der Waals surface area contributed by atoms with E-state index in [1.54, 1.807) is 17.1 Å². The van der Waals surface area contributed by atoms with Gasteiger partial charge in [0.05, 0.1) is 29.0 Å². The molecule has 9 nitrogen and oxygen atoms in total. The summed E-state index contributed by atoms with van der Waals surface area (Å²) in [4.78, 5) is 31.1. The summed E-state index contributed by atoms with van der Waals surface area (Å²) in [5, 5.41) is 14.6. The first-order valence-corrected chi connectivity index (χ1v) is 13.2. The molecule has 1 aliphatic heterocycles. The van der Waals surface area contributed by atoms with Crippen molar-refractivity contribution in [3.05, 3.63) is 65.6 Å². The fourth-order valence-electron chi connectivity index (χ4n) is 4.98. The van der Waals surface area contributed by atoms with Crippen LogP contribution in [0.15, 0.2) is 48.8 Å². The minimum absolute atomic E-state index is 0.106. The highest BCUT2D eigenvalue weighted by Crippen LogP contribution is 2.34. The maximum absolute atomic E-state index is 14.1. The molecule has 0 bridgehead atoms. The molecule has 3 aromatic rings. The zero-order valence-corrected chi connectivity index (χ0v) is 22.6. The van der Waals surface area contributed by atoms with Crippen LogP contribution in [-0.2, 0) is 10.3 Å². The Kier molecular flexibility index (Phi) is 8.12. The number of anilines is 1. The van der Waals surface area contributed by atoms with Gasteiger partial charge in [-0.05, 0) is 58.7 Å². The molecule has 2 N–H and O–H groups in total. The molecule has 0 aliphatic carbocycles. The van der Waals surface area contributed by atoms with E-state index in [2.05, 4.69) is 39.4 Å². The van der Waals surface area contributed by atoms with Crippen molar-refractivity contribution >= 4 is 17.6 Å². The maximum Gasteiger partial charge on any atom is 0.260 e. The van der Waals surface area contributed by atoms with E-state index in [1.807, 2.05) is 62.1 Å². The average Bonchev–Trinajstić information content (AvgIpc) is 3.58. The Labute approximate surface area is 219 Å². The molecule has 2 amide bonds. The van der Waals surface area contributed by atoms with Crippen LogP contribution in [0.1, 0.15) is 87.6 Å². The molecule has 2 unspecified atom stereocenters. The molecule has 198 valence electrons. The monoisotopic (exact) mass is 505 g/mol. The van der Waals surface area contributed by atoms with Gasteiger partial charge in [-0.25, -0.2) is 0 Å². The highest BCUT2D eigenvalue weighted by atomic mass is 16.2. The Hall–Kier alpha value is -3.46. The number of amides is 2. The van der Waals surface area contributed by atoms with E-state index in [0.29, 0.717) is 17.9 Å². The summed E-state index contributed by atoms with van der Waals surface area (Å²) in [5.41, 5.74) is 2.10. The molecule has 1 aliphatic rings. The second-order valence-corrected chi connectivity index (χ2v) is 10.6. The standard InChI is InChI=1S/C28H39N7O2/c1-6-33(7-2)25(20-13-9-8-10-14-20)27(37)34-16-12-11-15-23(34)22-17-24(32-31-22)30-26(36)21-18-29-35(19-21)28(3,4)5/h8-10,13-14,17-19,23,25H,6-7,11-12,15-16H2,1-5H3,(H2,30,31,32,36). The van der Waals surface area contributed by atoms with Crippen LogP contribution in [-0.4, -0.2) is 61.2 Å². The number of piperidine rings is 1. The highest BCUT2D eigenvalue weighted by Gasteiger charge is 2.36. The van der Waals surface area contributed by atoms with Gasteiger partial charge < -0.3 is 10.2 Å². The van der Waals surface area contributed by atoms with E-state index in [4.69, 9.17) is 0 Å². The van der Waals surface area contributed by atoms with Crippen molar-refractivity contribution in [2.24, 2.45) is 0 Å². The topological polar surface area (TPSA) is 99.2 Å². The minimum atomic E-state index is -0.335. The van der Waals surface area contributed by atoms with Gasteiger partial charge in [0.1, 0.15) is 6.04 Å². The second-order valence-electron chi connectivity index (χ2n) is 10.6. The van der Waals surface area contributed by atoms with Crippen molar-refractivity contribution in [3.63, 3.8) is 0 Å². The lowest BCUT2D eigenvalue weighted by molar-refractivity contribution is -0.141. The fourth-order valence-corrected chi connectivity index (χ4v) is 4.98. The van der Waals surface area contributed by atoms with E-state index < -0.39 is 0 Å². The molecular weight excluding hydrogens is 466 g/mol. The highest BCUT2D eigenvalue weighted by molar-refractivity contribution is 6.03. The Morgan fingerprint density at radius 2 is 1.89 bits per heavy atom. The molecule has 4 rings (SSSR count). The largest absolute Gasteiger partial charge is 0.332 e. The molecule has 37 heavy (non-hydrogen) atoms. The van der Waals surface area contributed by atoms with Crippen LogP contribution in [0.2, 0.25) is 0 Å². The van der Waals surface area contributed by atoms with Gasteiger partial charge in [-0.1, -0.05) is 44.2 Å². The van der Waals surface area contributed by atoms with Gasteiger partial charge >= 0.3 is 0 Å². The van der Waals surface area contributed by atoms with E-state index in [-0.39, 0.29) is 29.4 Å². The van der Waals surface area contributed by atoms with Crippen LogP contribution < -0.4 is 5.32 Å². The fraction of sp³-hybridized carbons (Fsp3) is 0.500. The van der Waals surface area contributed by atoms with Crippen molar-refractivity contribution in [2.75, 3.05) is 25.0 Å². The van der Waals surface area contributed by atoms with Crippen LogP contribution in [0.3, 0.4) is 0 Å². The number of hydrogen-bond donors (Lipinski definition) is 2. The van der Waals surface area contributed by atoms with Gasteiger partial charge in [0.15, 0.2) is 5.82 Å². The number of benzene rings is 1. The van der Waals surface area contributed by atoms with Crippen molar-refractivity contribution < 1.29 is 9.59 Å². The van der Waals surface area contributed by atoms with Crippen molar-refractivity contribution in [1.29, 1.82) is 0 Å². The molecule has 0 saturated carbocycles. The lowest BCUT2D eigenvalue weighted by atomic mass is 9.96. The lowest BCUT2D eigenvalue weighted by Crippen LogP contribution is -2.46. The SMILES string of the molecule is CCN(CC)C(C(=O)N1CCCCC1c1cc(NC(=O)c2cnn(C(C)(C)C)c2)n[nH]1)c1ccccc1. The number of nitrogens with zero attached hydrogens (tertiary/aromatic N) is 5. The van der Waals surface area contributed by atoms with E-state index in [0.717, 1.165) is 43.6 Å². The summed E-state index contributed by atoms with van der Waals surface area (Å²) >= 11 is 0. The number of nitrogens with one attached hydrogen (secondary N) is 2. The third-order valence-electron chi connectivity index (χ3n) is 7.04. The molecule has 9 heteroatoms. The average molecular weight is 506 g/mol. The van der Waals surface area contributed by atoms with Crippen LogP contribution >= 0.6 is 0 Å². The summed E-state index contributed by atoms with van der Waals surface area (Å²) in [6, 6.07) is 11.4. The number of H-pyrrole nitrogens is 1. The van der Waals surface area contributed by atoms with E-state index in [9.17, 15) is 9.59 Å². The van der Waals surface area contributed by atoms with Crippen LogP contribution in [0.4, 0.5) is 5.82 Å². The second kappa shape index (κ2) is 11.3. The Morgan fingerprint density at radius 3 is 2.54 bits per heavy atom. The molecule has 0 spiro atoms. The van der Waals surface area contributed by atoms with Crippen molar-refractivity contribution in [2.45, 2.75) is 71.5 Å². The van der Waals surface area contributed by atoms with Gasteiger partial charge in [0, 0.05) is 18.8 Å². The van der Waals surface area contributed by atoms with Crippen LogP contribution in [0.25, 0.3) is 0 Å². The zero-order valence-electron chi connectivity index (χ0n) is 22.6. The van der Waals surface area contributed by atoms with Gasteiger partial charge in [0.25, 0.3) is 5.91 Å². The zero-order chi connectivity index (χ0) is 26.6. The molecule has 1 saturated heterocycles. The number of carbonyl (C=O) groups is 2. The van der Waals surface area contributed by atoms with E-state index >= 15 is 0 Å². The summed E-state index contributed by atoms with van der Waals surface area (Å²) in [6.07, 6.45) is 6.15. The van der Waals surface area contributed by atoms with Gasteiger partial charge in [-0.15, -0.1) is 0 Å². The van der Waals surface area contributed by atoms with Crippen LogP contribution in [0, 0.1) is 0 Å². The molecule has 1 aromatic carbocycles. The number of carbonyl (C=O) groups excluding carboxylic acids is 2. The molecule has 1 fully saturated rings. The number of hydrogen-bond acceptors (Lipinski definition) is 5. The molecular formula is C28H39N7O2. The first-order valence-electron chi connectivity index (χ1n) is 13.2. The van der Waals surface area contributed by atoms with Gasteiger partial charge in [-0.2, -0.15) is 10.2 Å². The summed E-state index contributed by atoms with van der Waals surface area (Å²) in [6.45, 7) is 12.5. The first kappa shape index (κ1) is 26.6. The van der Waals surface area contributed by atoms with Crippen LogP contribution in [0.5, 0.6) is 0 Å². The number of likely N-dealkylation sites (N-methyl/N-ethyl adjacent to an activating group) is 1. The minimum Gasteiger partial charge on any atom is -0.332 e. The predicted molar refractivity (Wildman–Crippen MR) is 144 cm³/mol. The Bertz CT molecular complexity index is 1190. The molecule has 3 heterocycles. The Morgan fingerprint density at radius 1 is 1.16 bits per heavy atom. The van der Waals surface area contributed by atoms with Crippen molar-refractivity contribution in [3.8, 4) is 0 Å². The van der Waals surface area contributed by atoms with E-state index in [1.165, 1.54) is 0 Å². The Balaban J connectivity index is 1.54. The predicted octanol–water partition coefficient (Wildman–Crippen LogP) is 4.75. The van der Waals surface area contributed by atoms with Gasteiger partial charge in [0.2, 0.25) is 5.91 Å². The quantitative estimate of drug-likeness (QED) is 0.460. The molecule has 2 aromatic heterocycles. The summed E-state index contributed by atoms with van der Waals surface area (Å²) < 4.78 is 1.77. The number of aromatic nitrogens is 4. The maximum atomic E-state index is 14.1. The lowest BCUT2D eigenvalue weighted by Gasteiger charge is -2.40. The third-order valence-corrected chi connectivity index (χ3v) is 7.04. The smallest absolute Gasteiger partial charge is 0.260 e. The normalized spacial score (nSPS) is 17.1. The van der Waals surface area contributed by atoms with Gasteiger partial charge in [-0.3, -0.25) is 24.3 Å². The number of likely N-dealkylation sites (tertiary alicyclic amines) is 1.